The number of carbonyl (C=O) groups excluding carboxylic acids is 1. The Morgan fingerprint density at radius 1 is 1.05 bits per heavy atom. The van der Waals surface area contributed by atoms with Crippen LogP contribution in [0.1, 0.15) is 20.8 Å². The zero-order chi connectivity index (χ0) is 15.5. The second-order valence-corrected chi connectivity index (χ2v) is 6.00. The maximum atomic E-state index is 12.5. The van der Waals surface area contributed by atoms with Crippen LogP contribution in [0.3, 0.4) is 0 Å². The van der Waals surface area contributed by atoms with Crippen molar-refractivity contribution >= 4 is 22.9 Å². The number of thiazole rings is 1. The van der Waals surface area contributed by atoms with E-state index >= 15 is 0 Å². The average Bonchev–Trinajstić information content (AvgIpc) is 3.01. The van der Waals surface area contributed by atoms with Crippen molar-refractivity contribution in [2.45, 2.75) is 13.8 Å². The molecule has 0 aliphatic rings. The van der Waals surface area contributed by atoms with Crippen molar-refractivity contribution in [2.24, 2.45) is 0 Å². The molecule has 2 aromatic carbocycles. The van der Waals surface area contributed by atoms with Gasteiger partial charge in [0.1, 0.15) is 4.88 Å². The molecule has 0 atom stereocenters. The van der Waals surface area contributed by atoms with Crippen molar-refractivity contribution in [3.05, 3.63) is 70.0 Å². The molecular weight excluding hydrogens is 292 g/mol. The van der Waals surface area contributed by atoms with Gasteiger partial charge in [0.15, 0.2) is 0 Å². The number of hydrogen-bond donors (Lipinski definition) is 1. The van der Waals surface area contributed by atoms with E-state index in [2.05, 4.69) is 17.2 Å². The van der Waals surface area contributed by atoms with Crippen molar-refractivity contribution in [1.82, 2.24) is 4.98 Å². The highest BCUT2D eigenvalue weighted by molar-refractivity contribution is 7.12. The lowest BCUT2D eigenvalue weighted by Crippen LogP contribution is -2.11. The molecule has 0 saturated carbocycles. The van der Waals surface area contributed by atoms with Crippen LogP contribution in [0.2, 0.25) is 0 Å². The van der Waals surface area contributed by atoms with Gasteiger partial charge in [0.25, 0.3) is 5.91 Å². The second kappa shape index (κ2) is 6.12. The van der Waals surface area contributed by atoms with E-state index in [0.29, 0.717) is 4.88 Å². The highest BCUT2D eigenvalue weighted by atomic mass is 32.1. The lowest BCUT2D eigenvalue weighted by atomic mass is 10.1. The standard InChI is InChI=1S/C18H16N2OS/c1-12-8-9-15(10-13(12)2)20-18(21)17-16(19-11-22-17)14-6-4-3-5-7-14/h3-11H,1-2H3,(H,20,21). The smallest absolute Gasteiger partial charge is 0.268 e. The Morgan fingerprint density at radius 3 is 2.55 bits per heavy atom. The first-order valence-electron chi connectivity index (χ1n) is 7.02. The molecule has 1 heterocycles. The van der Waals surface area contributed by atoms with Gasteiger partial charge in [0.2, 0.25) is 0 Å². The van der Waals surface area contributed by atoms with Gasteiger partial charge in [-0.3, -0.25) is 4.79 Å². The Hall–Kier alpha value is -2.46. The Labute approximate surface area is 133 Å². The molecule has 0 aliphatic carbocycles. The third kappa shape index (κ3) is 2.92. The molecule has 3 aromatic rings. The van der Waals surface area contributed by atoms with Gasteiger partial charge in [0, 0.05) is 11.3 Å². The van der Waals surface area contributed by atoms with Crippen LogP contribution in [0, 0.1) is 13.8 Å². The van der Waals surface area contributed by atoms with E-state index < -0.39 is 0 Å². The Balaban J connectivity index is 1.87. The summed E-state index contributed by atoms with van der Waals surface area (Å²) in [6.07, 6.45) is 0. The summed E-state index contributed by atoms with van der Waals surface area (Å²) >= 11 is 1.36. The fourth-order valence-corrected chi connectivity index (χ4v) is 2.92. The van der Waals surface area contributed by atoms with Gasteiger partial charge in [-0.05, 0) is 37.1 Å². The van der Waals surface area contributed by atoms with E-state index in [-0.39, 0.29) is 5.91 Å². The molecule has 3 rings (SSSR count). The van der Waals surface area contributed by atoms with Crippen molar-refractivity contribution in [2.75, 3.05) is 5.32 Å². The van der Waals surface area contributed by atoms with Gasteiger partial charge < -0.3 is 5.32 Å². The van der Waals surface area contributed by atoms with Crippen molar-refractivity contribution in [3.8, 4) is 11.3 Å². The highest BCUT2D eigenvalue weighted by Gasteiger charge is 2.16. The Kier molecular flexibility index (Phi) is 4.02. The molecule has 0 radical (unpaired) electrons. The molecule has 1 amide bonds. The largest absolute Gasteiger partial charge is 0.321 e. The SMILES string of the molecule is Cc1ccc(NC(=O)c2scnc2-c2ccccc2)cc1C. The molecule has 0 aliphatic heterocycles. The number of hydrogen-bond acceptors (Lipinski definition) is 3. The van der Waals surface area contributed by atoms with Crippen LogP contribution in [-0.2, 0) is 0 Å². The third-order valence-corrected chi connectivity index (χ3v) is 4.41. The summed E-state index contributed by atoms with van der Waals surface area (Å²) in [4.78, 5) is 17.5. The van der Waals surface area contributed by atoms with Crippen molar-refractivity contribution < 1.29 is 4.79 Å². The van der Waals surface area contributed by atoms with E-state index in [4.69, 9.17) is 0 Å². The molecule has 0 spiro atoms. The summed E-state index contributed by atoms with van der Waals surface area (Å²) in [6, 6.07) is 15.7. The van der Waals surface area contributed by atoms with Crippen LogP contribution in [0.4, 0.5) is 5.69 Å². The minimum absolute atomic E-state index is 0.121. The number of rotatable bonds is 3. The van der Waals surface area contributed by atoms with Gasteiger partial charge >= 0.3 is 0 Å². The minimum Gasteiger partial charge on any atom is -0.321 e. The number of nitrogens with one attached hydrogen (secondary N) is 1. The average molecular weight is 308 g/mol. The van der Waals surface area contributed by atoms with Crippen LogP contribution in [0.25, 0.3) is 11.3 Å². The maximum Gasteiger partial charge on any atom is 0.268 e. The first kappa shape index (κ1) is 14.5. The molecule has 0 unspecified atom stereocenters. The number of carbonyl (C=O) groups is 1. The number of benzene rings is 2. The molecule has 1 aromatic heterocycles. The van der Waals surface area contributed by atoms with Crippen LogP contribution in [-0.4, -0.2) is 10.9 Å². The lowest BCUT2D eigenvalue weighted by molar-refractivity contribution is 0.103. The van der Waals surface area contributed by atoms with Gasteiger partial charge in [0.05, 0.1) is 11.2 Å². The number of nitrogens with zero attached hydrogens (tertiary/aromatic N) is 1. The topological polar surface area (TPSA) is 42.0 Å². The van der Waals surface area contributed by atoms with Gasteiger partial charge in [-0.1, -0.05) is 36.4 Å². The summed E-state index contributed by atoms with van der Waals surface area (Å²) < 4.78 is 0. The van der Waals surface area contributed by atoms with E-state index in [0.717, 1.165) is 22.5 Å². The number of amides is 1. The molecule has 3 nitrogen and oxygen atoms in total. The van der Waals surface area contributed by atoms with E-state index in [1.54, 1.807) is 5.51 Å². The third-order valence-electron chi connectivity index (χ3n) is 3.59. The highest BCUT2D eigenvalue weighted by Crippen LogP contribution is 2.26. The zero-order valence-electron chi connectivity index (χ0n) is 12.5. The summed E-state index contributed by atoms with van der Waals surface area (Å²) in [5.74, 6) is -0.121. The lowest BCUT2D eigenvalue weighted by Gasteiger charge is -2.08. The summed E-state index contributed by atoms with van der Waals surface area (Å²) in [7, 11) is 0. The second-order valence-electron chi connectivity index (χ2n) is 5.15. The van der Waals surface area contributed by atoms with Gasteiger partial charge in [-0.25, -0.2) is 4.98 Å². The Morgan fingerprint density at radius 2 is 1.82 bits per heavy atom. The summed E-state index contributed by atoms with van der Waals surface area (Å²) in [6.45, 7) is 4.09. The molecular formula is C18H16N2OS. The molecule has 0 saturated heterocycles. The van der Waals surface area contributed by atoms with Crippen molar-refractivity contribution in [3.63, 3.8) is 0 Å². The van der Waals surface area contributed by atoms with Crippen LogP contribution < -0.4 is 5.32 Å². The molecule has 0 fully saturated rings. The van der Waals surface area contributed by atoms with Crippen molar-refractivity contribution in [1.29, 1.82) is 0 Å². The van der Waals surface area contributed by atoms with E-state index in [1.807, 2.05) is 55.5 Å². The van der Waals surface area contributed by atoms with E-state index in [9.17, 15) is 4.79 Å². The predicted molar refractivity (Wildman–Crippen MR) is 91.4 cm³/mol. The molecule has 110 valence electrons. The molecule has 0 bridgehead atoms. The quantitative estimate of drug-likeness (QED) is 0.763. The number of anilines is 1. The predicted octanol–water partition coefficient (Wildman–Crippen LogP) is 4.68. The summed E-state index contributed by atoms with van der Waals surface area (Å²) in [5, 5.41) is 2.95. The zero-order valence-corrected chi connectivity index (χ0v) is 13.3. The van der Waals surface area contributed by atoms with E-state index in [1.165, 1.54) is 16.9 Å². The molecule has 4 heteroatoms. The normalized spacial score (nSPS) is 10.5. The monoisotopic (exact) mass is 308 g/mol. The first-order chi connectivity index (χ1) is 10.6. The Bertz CT molecular complexity index is 809. The fraction of sp³-hybridized carbons (Fsp3) is 0.111. The number of aryl methyl sites for hydroxylation is 2. The molecule has 22 heavy (non-hydrogen) atoms. The minimum atomic E-state index is -0.121. The van der Waals surface area contributed by atoms with Gasteiger partial charge in [-0.15, -0.1) is 11.3 Å². The van der Waals surface area contributed by atoms with Crippen LogP contribution in [0.5, 0.6) is 0 Å². The molecule has 1 N–H and O–H groups in total. The van der Waals surface area contributed by atoms with Gasteiger partial charge in [-0.2, -0.15) is 0 Å². The number of aromatic nitrogens is 1. The summed E-state index contributed by atoms with van der Waals surface area (Å²) in [5.41, 5.74) is 6.56. The maximum absolute atomic E-state index is 12.5. The fourth-order valence-electron chi connectivity index (χ4n) is 2.22. The van der Waals surface area contributed by atoms with Crippen LogP contribution in [0.15, 0.2) is 54.0 Å². The van der Waals surface area contributed by atoms with Crippen LogP contribution >= 0.6 is 11.3 Å². The first-order valence-corrected chi connectivity index (χ1v) is 7.90.